The van der Waals surface area contributed by atoms with Crippen LogP contribution in [-0.2, 0) is 6.42 Å². The molecular weight excluding hydrogens is 458 g/mol. The van der Waals surface area contributed by atoms with Crippen molar-refractivity contribution in [2.45, 2.75) is 34.1 Å². The number of pyridine rings is 1. The molecule has 3 heterocycles. The lowest BCUT2D eigenvalue weighted by atomic mass is 10.1. The van der Waals surface area contributed by atoms with Crippen LogP contribution in [0.25, 0.3) is 0 Å². The number of allylic oxidation sites excluding steroid dienone is 1. The maximum atomic E-state index is 9.17. The van der Waals surface area contributed by atoms with E-state index in [1.54, 1.807) is 0 Å². The van der Waals surface area contributed by atoms with Gasteiger partial charge in [0.05, 0.1) is 23.0 Å². The minimum Gasteiger partial charge on any atom is -0.395 e. The molecule has 0 aliphatic carbocycles. The monoisotopic (exact) mass is 495 g/mol. The zero-order valence-corrected chi connectivity index (χ0v) is 22.1. The highest BCUT2D eigenvalue weighted by Crippen LogP contribution is 2.32. The van der Waals surface area contributed by atoms with Crippen molar-refractivity contribution in [3.8, 4) is 0 Å². The van der Waals surface area contributed by atoms with Crippen LogP contribution >= 0.6 is 11.8 Å². The van der Waals surface area contributed by atoms with Gasteiger partial charge in [-0.2, -0.15) is 0 Å². The van der Waals surface area contributed by atoms with Crippen LogP contribution in [0, 0.1) is 13.8 Å². The second kappa shape index (κ2) is 12.7. The Morgan fingerprint density at radius 2 is 1.91 bits per heavy atom. The average molecular weight is 496 g/mol. The Balaban J connectivity index is 1.64. The number of nitrogens with one attached hydrogen (secondary N) is 2. The molecule has 0 amide bonds. The van der Waals surface area contributed by atoms with Gasteiger partial charge in [0, 0.05) is 55.6 Å². The van der Waals surface area contributed by atoms with Crippen LogP contribution in [-0.4, -0.2) is 64.3 Å². The van der Waals surface area contributed by atoms with Gasteiger partial charge >= 0.3 is 0 Å². The number of aryl methyl sites for hydroxylation is 3. The first-order valence-corrected chi connectivity index (χ1v) is 12.8. The van der Waals surface area contributed by atoms with E-state index in [1.807, 2.05) is 38.3 Å². The van der Waals surface area contributed by atoms with Crippen LogP contribution in [0.3, 0.4) is 0 Å². The smallest absolute Gasteiger partial charge is 0.136 e. The highest BCUT2D eigenvalue weighted by molar-refractivity contribution is 8.07. The maximum absolute atomic E-state index is 9.17. The van der Waals surface area contributed by atoms with Crippen molar-refractivity contribution in [1.82, 2.24) is 19.9 Å². The number of thioether (sulfide) groups is 1. The summed E-state index contributed by atoms with van der Waals surface area (Å²) in [5, 5.41) is 16.7. The molecule has 2 aromatic rings. The topological polar surface area (TPSA) is 89.4 Å². The van der Waals surface area contributed by atoms with Crippen molar-refractivity contribution in [1.29, 1.82) is 0 Å². The molecule has 0 atom stereocenters. The molecular formula is C26H37N7OS. The number of hydrogen-bond donors (Lipinski definition) is 3. The van der Waals surface area contributed by atoms with Crippen molar-refractivity contribution in [3.63, 3.8) is 0 Å². The van der Waals surface area contributed by atoms with Crippen molar-refractivity contribution < 1.29 is 5.11 Å². The van der Waals surface area contributed by atoms with E-state index in [1.165, 1.54) is 11.8 Å². The maximum Gasteiger partial charge on any atom is 0.136 e. The van der Waals surface area contributed by atoms with E-state index in [2.05, 4.69) is 62.4 Å². The molecule has 0 spiro atoms. The molecule has 8 nitrogen and oxygen atoms in total. The van der Waals surface area contributed by atoms with E-state index in [9.17, 15) is 5.11 Å². The first-order chi connectivity index (χ1) is 16.8. The van der Waals surface area contributed by atoms with Gasteiger partial charge in [-0.05, 0) is 38.8 Å². The fourth-order valence-corrected chi connectivity index (χ4v) is 4.69. The number of rotatable bonds is 11. The van der Waals surface area contributed by atoms with Crippen LogP contribution in [0.4, 0.5) is 17.3 Å². The minimum atomic E-state index is 0.193. The highest BCUT2D eigenvalue weighted by atomic mass is 32.2. The largest absolute Gasteiger partial charge is 0.395 e. The third-order valence-corrected chi connectivity index (χ3v) is 6.90. The number of β-amino-alcohol motifs (C(OH)–C–C–N with tert-alkyl or cyclic N) is 1. The van der Waals surface area contributed by atoms with E-state index in [-0.39, 0.29) is 6.61 Å². The van der Waals surface area contributed by atoms with Gasteiger partial charge in [0.25, 0.3) is 0 Å². The summed E-state index contributed by atoms with van der Waals surface area (Å²) in [4.78, 5) is 19.2. The van der Waals surface area contributed by atoms with Gasteiger partial charge in [-0.15, -0.1) is 0 Å². The molecule has 0 saturated carbocycles. The fourth-order valence-electron chi connectivity index (χ4n) is 3.98. The van der Waals surface area contributed by atoms with E-state index >= 15 is 0 Å². The first-order valence-electron chi connectivity index (χ1n) is 12.0. The molecule has 35 heavy (non-hydrogen) atoms. The van der Waals surface area contributed by atoms with Gasteiger partial charge < -0.3 is 20.6 Å². The average Bonchev–Trinajstić information content (AvgIpc) is 2.84. The molecule has 1 aliphatic heterocycles. The third-order valence-electron chi connectivity index (χ3n) is 5.85. The second-order valence-electron chi connectivity index (χ2n) is 8.42. The van der Waals surface area contributed by atoms with Gasteiger partial charge in [0.2, 0.25) is 0 Å². The van der Waals surface area contributed by atoms with Crippen molar-refractivity contribution >= 4 is 29.1 Å². The molecule has 9 heteroatoms. The van der Waals surface area contributed by atoms with Gasteiger partial charge in [-0.25, -0.2) is 9.97 Å². The molecule has 188 valence electrons. The zero-order valence-electron chi connectivity index (χ0n) is 21.3. The lowest BCUT2D eigenvalue weighted by Crippen LogP contribution is -2.47. The molecule has 3 rings (SSSR count). The molecule has 0 radical (unpaired) electrons. The van der Waals surface area contributed by atoms with Crippen molar-refractivity contribution in [3.05, 3.63) is 70.3 Å². The normalized spacial score (nSPS) is 14.7. The molecule has 0 aromatic carbocycles. The fraction of sp³-hybridized carbons (Fsp3) is 0.423. The number of aromatic nitrogens is 3. The third kappa shape index (κ3) is 7.30. The molecule has 0 unspecified atom stereocenters. The number of nitrogens with zero attached hydrogens (tertiary/aromatic N) is 5. The van der Waals surface area contributed by atoms with Crippen LogP contribution < -0.4 is 15.5 Å². The summed E-state index contributed by atoms with van der Waals surface area (Å²) in [6, 6.07) is 3.97. The lowest BCUT2D eigenvalue weighted by Gasteiger charge is -2.35. The Kier molecular flexibility index (Phi) is 9.71. The predicted molar refractivity (Wildman–Crippen MR) is 148 cm³/mol. The Bertz CT molecular complexity index is 1080. The quantitative estimate of drug-likeness (QED) is 0.395. The summed E-state index contributed by atoms with van der Waals surface area (Å²) in [7, 11) is 0. The molecule has 2 aromatic heterocycles. The molecule has 1 aliphatic rings. The Labute approximate surface area is 213 Å². The van der Waals surface area contributed by atoms with Crippen molar-refractivity contribution in [2.24, 2.45) is 0 Å². The first kappa shape index (κ1) is 26.7. The summed E-state index contributed by atoms with van der Waals surface area (Å²) in [5.74, 6) is 2.32. The number of aliphatic hydroxyl groups excluding tert-OH is 1. The van der Waals surface area contributed by atoms with Gasteiger partial charge in [-0.1, -0.05) is 37.9 Å². The second-order valence-corrected chi connectivity index (χ2v) is 9.56. The summed E-state index contributed by atoms with van der Waals surface area (Å²) >= 11 is 1.51. The van der Waals surface area contributed by atoms with Crippen LogP contribution in [0.2, 0.25) is 0 Å². The summed E-state index contributed by atoms with van der Waals surface area (Å²) in [5.41, 5.74) is 3.96. The van der Waals surface area contributed by atoms with E-state index < -0.39 is 0 Å². The number of aliphatic hydroxyl groups is 1. The molecule has 1 fully saturated rings. The lowest BCUT2D eigenvalue weighted by molar-refractivity contribution is 0.188. The summed E-state index contributed by atoms with van der Waals surface area (Å²) in [6.45, 7) is 21.0. The number of hydrogen-bond acceptors (Lipinski definition) is 9. The Hall–Kier alpha value is -2.88. The Morgan fingerprint density at radius 1 is 1.17 bits per heavy atom. The van der Waals surface area contributed by atoms with E-state index in [4.69, 9.17) is 0 Å². The Morgan fingerprint density at radius 3 is 2.57 bits per heavy atom. The number of piperazine rings is 1. The zero-order chi connectivity index (χ0) is 25.4. The summed E-state index contributed by atoms with van der Waals surface area (Å²) in [6.07, 6.45) is 4.70. The van der Waals surface area contributed by atoms with Gasteiger partial charge in [0.1, 0.15) is 17.5 Å². The van der Waals surface area contributed by atoms with Gasteiger partial charge in [-0.3, -0.25) is 9.88 Å². The van der Waals surface area contributed by atoms with Crippen LogP contribution in [0.5, 0.6) is 0 Å². The highest BCUT2D eigenvalue weighted by Gasteiger charge is 2.19. The van der Waals surface area contributed by atoms with E-state index in [0.29, 0.717) is 18.2 Å². The minimum absolute atomic E-state index is 0.193. The van der Waals surface area contributed by atoms with Crippen LogP contribution in [0.1, 0.15) is 30.9 Å². The van der Waals surface area contributed by atoms with Crippen molar-refractivity contribution in [2.75, 3.05) is 54.9 Å². The van der Waals surface area contributed by atoms with E-state index in [0.717, 1.165) is 71.0 Å². The standard InChI is InChI=1S/C26H37N7OS/c1-7-22-26(18(3)9-10-27-22)28-19(4)23(8-2)35-21(6)31-24-17-25(30-20(5)29-24)33-13-11-32(12-14-33)15-16-34/h8-10,17,28,34H,4,6-7,11-16H2,1-3,5H3,(H,29,30,31)/b23-8-. The van der Waals surface area contributed by atoms with Gasteiger partial charge in [0.15, 0.2) is 0 Å². The molecule has 3 N–H and O–H groups in total. The summed E-state index contributed by atoms with van der Waals surface area (Å²) < 4.78 is 0. The number of anilines is 3. The molecule has 0 bridgehead atoms. The predicted octanol–water partition coefficient (Wildman–Crippen LogP) is 4.31. The van der Waals surface area contributed by atoms with Crippen LogP contribution in [0.15, 0.2) is 53.2 Å². The molecule has 1 saturated heterocycles. The SMILES string of the molecule is C=C(Nc1cc(N2CCN(CCO)CC2)nc(C)n1)S/C(=C\C)C(=C)Nc1c(C)ccnc1CC.